The molecule has 0 amide bonds. The molecule has 2 nitrogen and oxygen atoms in total. The molecule has 0 aromatic heterocycles. The summed E-state index contributed by atoms with van der Waals surface area (Å²) in [5, 5.41) is 10.0. The van der Waals surface area contributed by atoms with E-state index in [4.69, 9.17) is 5.73 Å². The van der Waals surface area contributed by atoms with E-state index in [9.17, 15) is 13.9 Å². The fourth-order valence-corrected chi connectivity index (χ4v) is 1.88. The molecule has 0 radical (unpaired) electrons. The van der Waals surface area contributed by atoms with Crippen molar-refractivity contribution in [2.24, 2.45) is 0 Å². The van der Waals surface area contributed by atoms with E-state index >= 15 is 0 Å². The van der Waals surface area contributed by atoms with E-state index in [0.29, 0.717) is 16.8 Å². The summed E-state index contributed by atoms with van der Waals surface area (Å²) in [5.41, 5.74) is 7.14. The Morgan fingerprint density at radius 3 is 2.28 bits per heavy atom. The third kappa shape index (κ3) is 2.84. The molecule has 0 fully saturated rings. The van der Waals surface area contributed by atoms with Crippen molar-refractivity contribution in [2.45, 2.75) is 12.5 Å². The summed E-state index contributed by atoms with van der Waals surface area (Å²) >= 11 is 0. The van der Waals surface area contributed by atoms with E-state index in [1.54, 1.807) is 24.3 Å². The Morgan fingerprint density at radius 2 is 1.67 bits per heavy atom. The van der Waals surface area contributed by atoms with Crippen LogP contribution < -0.4 is 5.73 Å². The summed E-state index contributed by atoms with van der Waals surface area (Å²) < 4.78 is 26.0. The predicted molar refractivity (Wildman–Crippen MR) is 65.9 cm³/mol. The first kappa shape index (κ1) is 12.5. The standard InChI is InChI=1S/C14H13F2NO/c15-10-5-9(6-11(16)8-10)7-14(18)12-3-1-2-4-13(12)17/h1-6,8,14,18H,7,17H2. The van der Waals surface area contributed by atoms with Crippen LogP contribution in [-0.4, -0.2) is 5.11 Å². The van der Waals surface area contributed by atoms with Crippen molar-refractivity contribution in [2.75, 3.05) is 5.73 Å². The van der Waals surface area contributed by atoms with E-state index in [0.717, 1.165) is 6.07 Å². The average Bonchev–Trinajstić information content (AvgIpc) is 2.27. The highest BCUT2D eigenvalue weighted by atomic mass is 19.1. The van der Waals surface area contributed by atoms with Gasteiger partial charge in [0.05, 0.1) is 6.10 Å². The van der Waals surface area contributed by atoms with Crippen LogP contribution in [0.4, 0.5) is 14.5 Å². The molecule has 94 valence electrons. The van der Waals surface area contributed by atoms with Crippen LogP contribution in [0.2, 0.25) is 0 Å². The SMILES string of the molecule is Nc1ccccc1C(O)Cc1cc(F)cc(F)c1. The highest BCUT2D eigenvalue weighted by Gasteiger charge is 2.12. The van der Waals surface area contributed by atoms with Crippen molar-refractivity contribution in [1.82, 2.24) is 0 Å². The first-order chi connectivity index (χ1) is 8.56. The third-order valence-electron chi connectivity index (χ3n) is 2.71. The van der Waals surface area contributed by atoms with Gasteiger partial charge in [0, 0.05) is 23.7 Å². The van der Waals surface area contributed by atoms with Gasteiger partial charge in [0.1, 0.15) is 11.6 Å². The van der Waals surface area contributed by atoms with Crippen molar-refractivity contribution in [3.63, 3.8) is 0 Å². The molecule has 0 heterocycles. The summed E-state index contributed by atoms with van der Waals surface area (Å²) in [6.07, 6.45) is -0.768. The normalized spacial score (nSPS) is 12.4. The van der Waals surface area contributed by atoms with Gasteiger partial charge in [-0.05, 0) is 23.8 Å². The van der Waals surface area contributed by atoms with Crippen LogP contribution in [0, 0.1) is 11.6 Å². The van der Waals surface area contributed by atoms with Gasteiger partial charge in [0.25, 0.3) is 0 Å². The number of para-hydroxylation sites is 1. The summed E-state index contributed by atoms with van der Waals surface area (Å²) in [4.78, 5) is 0. The van der Waals surface area contributed by atoms with Crippen LogP contribution in [0.15, 0.2) is 42.5 Å². The number of nitrogens with two attached hydrogens (primary N) is 1. The summed E-state index contributed by atoms with van der Waals surface area (Å²) in [6.45, 7) is 0. The first-order valence-corrected chi connectivity index (χ1v) is 5.53. The van der Waals surface area contributed by atoms with Crippen LogP contribution in [0.25, 0.3) is 0 Å². The number of nitrogen functional groups attached to an aromatic ring is 1. The molecule has 0 saturated carbocycles. The molecule has 0 aliphatic heterocycles. The van der Waals surface area contributed by atoms with Gasteiger partial charge in [-0.3, -0.25) is 0 Å². The van der Waals surface area contributed by atoms with Crippen molar-refractivity contribution >= 4 is 5.69 Å². The number of hydrogen-bond acceptors (Lipinski definition) is 2. The van der Waals surface area contributed by atoms with Crippen molar-refractivity contribution in [3.8, 4) is 0 Å². The Bertz CT molecular complexity index is 537. The molecule has 2 aromatic carbocycles. The smallest absolute Gasteiger partial charge is 0.126 e. The highest BCUT2D eigenvalue weighted by molar-refractivity contribution is 5.48. The van der Waals surface area contributed by atoms with Crippen molar-refractivity contribution in [1.29, 1.82) is 0 Å². The fourth-order valence-electron chi connectivity index (χ4n) is 1.88. The molecule has 0 saturated heterocycles. The highest BCUT2D eigenvalue weighted by Crippen LogP contribution is 2.24. The third-order valence-corrected chi connectivity index (χ3v) is 2.71. The van der Waals surface area contributed by atoms with Gasteiger partial charge < -0.3 is 10.8 Å². The zero-order chi connectivity index (χ0) is 13.1. The number of aliphatic hydroxyl groups excluding tert-OH is 1. The molecule has 1 atom stereocenters. The molecule has 0 spiro atoms. The Kier molecular flexibility index (Phi) is 3.58. The second-order valence-corrected chi connectivity index (χ2v) is 4.13. The van der Waals surface area contributed by atoms with Crippen molar-refractivity contribution in [3.05, 3.63) is 65.2 Å². The number of halogens is 2. The second-order valence-electron chi connectivity index (χ2n) is 4.13. The summed E-state index contributed by atoms with van der Waals surface area (Å²) in [5.74, 6) is -1.31. The molecular weight excluding hydrogens is 236 g/mol. The lowest BCUT2D eigenvalue weighted by Gasteiger charge is -2.13. The zero-order valence-corrected chi connectivity index (χ0v) is 9.61. The minimum absolute atomic E-state index is 0.114. The van der Waals surface area contributed by atoms with E-state index in [1.165, 1.54) is 12.1 Å². The van der Waals surface area contributed by atoms with Gasteiger partial charge in [0.15, 0.2) is 0 Å². The minimum Gasteiger partial charge on any atom is -0.398 e. The number of aliphatic hydroxyl groups is 1. The molecule has 3 N–H and O–H groups in total. The maximum atomic E-state index is 13.0. The second kappa shape index (κ2) is 5.14. The Balaban J connectivity index is 2.21. The van der Waals surface area contributed by atoms with Crippen LogP contribution in [0.1, 0.15) is 17.2 Å². The largest absolute Gasteiger partial charge is 0.398 e. The topological polar surface area (TPSA) is 46.2 Å². The molecule has 0 aliphatic carbocycles. The minimum atomic E-state index is -0.882. The average molecular weight is 249 g/mol. The molecule has 18 heavy (non-hydrogen) atoms. The van der Waals surface area contributed by atoms with Crippen LogP contribution >= 0.6 is 0 Å². The fraction of sp³-hybridized carbons (Fsp3) is 0.143. The van der Waals surface area contributed by atoms with Crippen molar-refractivity contribution < 1.29 is 13.9 Å². The quantitative estimate of drug-likeness (QED) is 0.822. The van der Waals surface area contributed by atoms with Crippen LogP contribution in [0.3, 0.4) is 0 Å². The van der Waals surface area contributed by atoms with Crippen LogP contribution in [-0.2, 0) is 6.42 Å². The molecule has 0 aliphatic rings. The van der Waals surface area contributed by atoms with Crippen LogP contribution in [0.5, 0.6) is 0 Å². The number of hydrogen-bond donors (Lipinski definition) is 2. The molecular formula is C14H13F2NO. The molecule has 4 heteroatoms. The summed E-state index contributed by atoms with van der Waals surface area (Å²) in [6, 6.07) is 10.1. The molecule has 0 bridgehead atoms. The molecule has 2 aromatic rings. The maximum Gasteiger partial charge on any atom is 0.126 e. The van der Waals surface area contributed by atoms with Gasteiger partial charge in [-0.15, -0.1) is 0 Å². The maximum absolute atomic E-state index is 13.0. The lowest BCUT2D eigenvalue weighted by atomic mass is 10.00. The van der Waals surface area contributed by atoms with E-state index in [1.807, 2.05) is 0 Å². The van der Waals surface area contributed by atoms with Gasteiger partial charge >= 0.3 is 0 Å². The first-order valence-electron chi connectivity index (χ1n) is 5.53. The number of rotatable bonds is 3. The predicted octanol–water partition coefficient (Wildman–Crippen LogP) is 2.82. The molecule has 2 rings (SSSR count). The lowest BCUT2D eigenvalue weighted by Crippen LogP contribution is -2.05. The summed E-state index contributed by atoms with van der Waals surface area (Å²) in [7, 11) is 0. The monoisotopic (exact) mass is 249 g/mol. The Hall–Kier alpha value is -1.94. The van der Waals surface area contributed by atoms with E-state index < -0.39 is 17.7 Å². The number of benzene rings is 2. The van der Waals surface area contributed by atoms with Gasteiger partial charge in [-0.1, -0.05) is 18.2 Å². The zero-order valence-electron chi connectivity index (χ0n) is 9.61. The van der Waals surface area contributed by atoms with Gasteiger partial charge in [-0.2, -0.15) is 0 Å². The Labute approximate surface area is 104 Å². The van der Waals surface area contributed by atoms with E-state index in [-0.39, 0.29) is 6.42 Å². The van der Waals surface area contributed by atoms with E-state index in [2.05, 4.69) is 0 Å². The Morgan fingerprint density at radius 1 is 1.06 bits per heavy atom. The van der Waals surface area contributed by atoms with Gasteiger partial charge in [0.2, 0.25) is 0 Å². The van der Waals surface area contributed by atoms with Gasteiger partial charge in [-0.25, -0.2) is 8.78 Å². The lowest BCUT2D eigenvalue weighted by molar-refractivity contribution is 0.179. The molecule has 1 unspecified atom stereocenters. The number of anilines is 1.